The Morgan fingerprint density at radius 3 is 2.21 bits per heavy atom. The number of hydrogen-bond donors (Lipinski definition) is 3. The fraction of sp³-hybridized carbons (Fsp3) is 0.585. The third-order valence-electron chi connectivity index (χ3n) is 13.5. The molecule has 5 aliphatic rings. The maximum Gasteiger partial charge on any atom is 0.336 e. The van der Waals surface area contributed by atoms with Gasteiger partial charge >= 0.3 is 11.9 Å². The summed E-state index contributed by atoms with van der Waals surface area (Å²) < 4.78 is 29.7. The van der Waals surface area contributed by atoms with Crippen molar-refractivity contribution in [3.05, 3.63) is 76.9 Å². The number of benzene rings is 2. The lowest BCUT2D eigenvalue weighted by Gasteiger charge is -2.67. The van der Waals surface area contributed by atoms with Gasteiger partial charge in [0.15, 0.2) is 18.0 Å². The van der Waals surface area contributed by atoms with Crippen molar-refractivity contribution in [1.82, 2.24) is 0 Å². The van der Waals surface area contributed by atoms with Crippen LogP contribution < -0.4 is 4.74 Å². The lowest BCUT2D eigenvalue weighted by Crippen LogP contribution is -2.79. The van der Waals surface area contributed by atoms with Crippen molar-refractivity contribution < 1.29 is 53.4 Å². The van der Waals surface area contributed by atoms with Gasteiger partial charge in [-0.25, -0.2) is 4.79 Å². The molecule has 11 nitrogen and oxygen atoms in total. The van der Waals surface area contributed by atoms with E-state index < -0.39 is 88.2 Å². The molecule has 0 aromatic heterocycles. The van der Waals surface area contributed by atoms with Crippen LogP contribution >= 0.6 is 0 Å². The van der Waals surface area contributed by atoms with Crippen molar-refractivity contribution >= 4 is 17.7 Å². The minimum absolute atomic E-state index is 0.0102. The van der Waals surface area contributed by atoms with Gasteiger partial charge in [0, 0.05) is 37.0 Å². The second-order valence-electron chi connectivity index (χ2n) is 16.3. The van der Waals surface area contributed by atoms with E-state index in [1.165, 1.54) is 6.92 Å². The molecule has 2 aromatic rings. The molecule has 12 atom stereocenters. The Balaban J connectivity index is 1.30. The monoisotopic (exact) mass is 718 g/mol. The summed E-state index contributed by atoms with van der Waals surface area (Å²) in [7, 11) is 1.60. The number of Topliss-reactive ketones (excluding diaryl/α,β-unsaturated/α-hetero) is 1. The Hall–Kier alpha value is -3.61. The topological polar surface area (TPSA) is 158 Å². The highest BCUT2D eigenvalue weighted by molar-refractivity contribution is 5.95. The molecule has 52 heavy (non-hydrogen) atoms. The number of hydrogen-bond acceptors (Lipinski definition) is 11. The molecule has 7 rings (SSSR count). The van der Waals surface area contributed by atoms with Gasteiger partial charge in [-0.3, -0.25) is 9.59 Å². The number of esters is 2. The Morgan fingerprint density at radius 2 is 1.62 bits per heavy atom. The molecule has 3 aliphatic carbocycles. The van der Waals surface area contributed by atoms with E-state index in [1.54, 1.807) is 41.7 Å². The van der Waals surface area contributed by atoms with E-state index in [1.807, 2.05) is 54.6 Å². The van der Waals surface area contributed by atoms with Crippen molar-refractivity contribution in [3.8, 4) is 5.75 Å². The van der Waals surface area contributed by atoms with Crippen LogP contribution in [-0.4, -0.2) is 88.5 Å². The van der Waals surface area contributed by atoms with E-state index in [4.69, 9.17) is 23.7 Å². The van der Waals surface area contributed by atoms with Crippen molar-refractivity contribution in [2.75, 3.05) is 13.7 Å². The summed E-state index contributed by atoms with van der Waals surface area (Å²) in [6.45, 7) is 9.80. The highest BCUT2D eigenvalue weighted by Gasteiger charge is 2.74. The SMILES string of the molecule is COc1ccc([C@@H]2C[C@@H](c3ccccc3)C(C(=O)OC3CC4(O)[C@@H](C)C5C6(O)COC6CC(O)[C@@]5(C)C(=O)C(OC(C)=O)C(=C3C)C4(C)C)O2)cc1. The predicted octanol–water partition coefficient (Wildman–Crippen LogP) is 4.37. The molecule has 2 saturated heterocycles. The number of carbonyl (C=O) groups is 3. The Kier molecular flexibility index (Phi) is 9.02. The molecule has 2 aliphatic heterocycles. The van der Waals surface area contributed by atoms with Gasteiger partial charge < -0.3 is 39.0 Å². The van der Waals surface area contributed by atoms with Crippen molar-refractivity contribution in [1.29, 1.82) is 0 Å². The van der Waals surface area contributed by atoms with Gasteiger partial charge in [-0.15, -0.1) is 0 Å². The predicted molar refractivity (Wildman–Crippen MR) is 187 cm³/mol. The average molecular weight is 719 g/mol. The molecule has 4 fully saturated rings. The average Bonchev–Trinajstić information content (AvgIpc) is 3.56. The number of fused-ring (bicyclic) bond motifs is 5. The zero-order valence-electron chi connectivity index (χ0n) is 30.8. The normalized spacial score (nSPS) is 40.7. The van der Waals surface area contributed by atoms with E-state index in [2.05, 4.69) is 0 Å². The second kappa shape index (κ2) is 12.8. The van der Waals surface area contributed by atoms with Crippen LogP contribution in [0.4, 0.5) is 0 Å². The maximum absolute atomic E-state index is 14.9. The summed E-state index contributed by atoms with van der Waals surface area (Å²) in [6.07, 6.45) is -5.48. The standard InChI is InChI=1S/C41H50O11/c1-21-29(52-37(45)33-27(24-11-9-8-10-12-24)17-28(51-33)25-13-15-26(48-7)16-14-25)19-41(47)22(2)35-39(6,30(43)18-31-40(35,46)20-49-31)36(44)34(50-23(3)42)32(21)38(41,4)5/h8-16,22,27-31,33-35,43,46-47H,17-20H2,1-7H3/t22-,27-,28-,29?,30?,31?,33?,34?,35?,39+,40?,41?/m0/s1. The lowest BCUT2D eigenvalue weighted by molar-refractivity contribution is -0.335. The number of ketones is 1. The fourth-order valence-electron chi connectivity index (χ4n) is 10.5. The lowest BCUT2D eigenvalue weighted by atomic mass is 9.43. The number of aliphatic hydroxyl groups excluding tert-OH is 1. The summed E-state index contributed by atoms with van der Waals surface area (Å²) in [4.78, 5) is 42.0. The molecule has 2 aromatic carbocycles. The van der Waals surface area contributed by atoms with Crippen LogP contribution in [0.25, 0.3) is 0 Å². The van der Waals surface area contributed by atoms with Gasteiger partial charge in [-0.2, -0.15) is 0 Å². The van der Waals surface area contributed by atoms with E-state index >= 15 is 0 Å². The molecule has 0 amide bonds. The number of ether oxygens (including phenoxy) is 5. The third-order valence-corrected chi connectivity index (χ3v) is 13.5. The van der Waals surface area contributed by atoms with Gasteiger partial charge in [-0.05, 0) is 60.6 Å². The number of rotatable bonds is 6. The van der Waals surface area contributed by atoms with Crippen molar-refractivity contribution in [3.63, 3.8) is 0 Å². The first kappa shape index (κ1) is 36.7. The summed E-state index contributed by atoms with van der Waals surface area (Å²) in [6, 6.07) is 17.2. The van der Waals surface area contributed by atoms with E-state index in [-0.39, 0.29) is 25.4 Å². The molecule has 0 radical (unpaired) electrons. The van der Waals surface area contributed by atoms with E-state index in [0.29, 0.717) is 23.3 Å². The Bertz CT molecular complexity index is 1770. The minimum Gasteiger partial charge on any atom is -0.497 e. The second-order valence-corrected chi connectivity index (χ2v) is 16.3. The van der Waals surface area contributed by atoms with Crippen LogP contribution in [0, 0.1) is 22.7 Å². The molecule has 0 spiro atoms. The van der Waals surface area contributed by atoms with Gasteiger partial charge in [0.2, 0.25) is 0 Å². The molecule has 3 N–H and O–H groups in total. The quantitative estimate of drug-likeness (QED) is 0.288. The molecule has 2 saturated carbocycles. The van der Waals surface area contributed by atoms with Crippen LogP contribution in [0.5, 0.6) is 5.75 Å². The number of methoxy groups -OCH3 is 1. The van der Waals surface area contributed by atoms with Crippen LogP contribution in [0.3, 0.4) is 0 Å². The first-order valence-corrected chi connectivity index (χ1v) is 18.2. The number of carbonyl (C=O) groups excluding carboxylic acids is 3. The molecular weight excluding hydrogens is 668 g/mol. The molecule has 2 heterocycles. The van der Waals surface area contributed by atoms with Crippen LogP contribution in [0.15, 0.2) is 65.7 Å². The van der Waals surface area contributed by atoms with E-state index in [0.717, 1.165) is 11.1 Å². The summed E-state index contributed by atoms with van der Waals surface area (Å²) >= 11 is 0. The molecule has 2 bridgehead atoms. The number of aliphatic hydroxyl groups is 3. The Labute approximate surface area is 304 Å². The van der Waals surface area contributed by atoms with Crippen LogP contribution in [0.1, 0.15) is 84.0 Å². The highest BCUT2D eigenvalue weighted by Crippen LogP contribution is 2.64. The zero-order valence-corrected chi connectivity index (χ0v) is 30.8. The van der Waals surface area contributed by atoms with Gasteiger partial charge in [0.25, 0.3) is 0 Å². The van der Waals surface area contributed by atoms with Gasteiger partial charge in [0.1, 0.15) is 17.5 Å². The Morgan fingerprint density at radius 1 is 0.942 bits per heavy atom. The fourth-order valence-corrected chi connectivity index (χ4v) is 10.5. The molecular formula is C41H50O11. The minimum atomic E-state index is -1.72. The van der Waals surface area contributed by atoms with Gasteiger partial charge in [-0.1, -0.05) is 63.2 Å². The maximum atomic E-state index is 14.9. The molecule has 11 heteroatoms. The largest absolute Gasteiger partial charge is 0.497 e. The molecule has 8 unspecified atom stereocenters. The summed E-state index contributed by atoms with van der Waals surface area (Å²) in [5, 5.41) is 36.8. The smallest absolute Gasteiger partial charge is 0.336 e. The van der Waals surface area contributed by atoms with Crippen LogP contribution in [-0.2, 0) is 33.3 Å². The van der Waals surface area contributed by atoms with Crippen molar-refractivity contribution in [2.45, 2.75) is 115 Å². The van der Waals surface area contributed by atoms with E-state index in [9.17, 15) is 29.7 Å². The third kappa shape index (κ3) is 5.29. The van der Waals surface area contributed by atoms with Crippen molar-refractivity contribution in [2.24, 2.45) is 22.7 Å². The zero-order chi connectivity index (χ0) is 37.5. The summed E-state index contributed by atoms with van der Waals surface area (Å²) in [5.74, 6) is -3.37. The van der Waals surface area contributed by atoms with Crippen LogP contribution in [0.2, 0.25) is 0 Å². The molecule has 280 valence electrons. The first-order valence-electron chi connectivity index (χ1n) is 18.2. The highest BCUT2D eigenvalue weighted by atomic mass is 16.6. The van der Waals surface area contributed by atoms with Gasteiger partial charge in [0.05, 0.1) is 43.0 Å². The first-order chi connectivity index (χ1) is 24.5. The summed E-state index contributed by atoms with van der Waals surface area (Å²) in [5.41, 5.74) is -3.46.